The van der Waals surface area contributed by atoms with Crippen molar-refractivity contribution in [3.63, 3.8) is 0 Å². The first kappa shape index (κ1) is 28.8. The minimum atomic E-state index is -4.53. The average Bonchev–Trinajstić information content (AvgIpc) is 3.52. The van der Waals surface area contributed by atoms with Gasteiger partial charge in [0.05, 0.1) is 10.2 Å². The molecule has 0 unspecified atom stereocenters. The third-order valence-electron chi connectivity index (χ3n) is 7.95. The van der Waals surface area contributed by atoms with E-state index in [1.54, 1.807) is 11.3 Å². The van der Waals surface area contributed by atoms with Crippen LogP contribution >= 0.6 is 22.9 Å². The Hall–Kier alpha value is -3.34. The average molecular weight is 615 g/mol. The molecule has 0 radical (unpaired) electrons. The van der Waals surface area contributed by atoms with E-state index in [0.29, 0.717) is 11.4 Å². The molecular weight excluding hydrogens is 585 g/mol. The number of anilines is 1. The second kappa shape index (κ2) is 11.7. The first-order valence-corrected chi connectivity index (χ1v) is 15.2. The number of unbranched alkanes of at least 4 members (excludes halogenated alkanes) is 1. The normalized spacial score (nSPS) is 16.3. The molecule has 1 aliphatic carbocycles. The summed E-state index contributed by atoms with van der Waals surface area (Å²) in [5.41, 5.74) is 3.24. The summed E-state index contributed by atoms with van der Waals surface area (Å²) in [7, 11) is 0. The number of benzene rings is 3. The van der Waals surface area contributed by atoms with Gasteiger partial charge in [-0.1, -0.05) is 71.5 Å². The first-order valence-electron chi connectivity index (χ1n) is 14.0. The number of nitrogens with one attached hydrogen (secondary N) is 1. The predicted octanol–water partition coefficient (Wildman–Crippen LogP) is 7.45. The number of halogens is 4. The maximum atomic E-state index is 12.8. The fourth-order valence-corrected chi connectivity index (χ4v) is 7.14. The van der Waals surface area contributed by atoms with Crippen molar-refractivity contribution in [2.75, 3.05) is 44.2 Å². The molecular formula is C31H30ClF3N4O2S. The Morgan fingerprint density at radius 2 is 1.64 bits per heavy atom. The van der Waals surface area contributed by atoms with Gasteiger partial charge in [-0.05, 0) is 55.1 Å². The van der Waals surface area contributed by atoms with Crippen LogP contribution in [0, 0.1) is 0 Å². The smallest absolute Gasteiger partial charge is 0.408 e. The number of hydrogen-bond donors (Lipinski definition) is 1. The van der Waals surface area contributed by atoms with Crippen LogP contribution in [-0.2, 0) is 10.3 Å². The molecule has 3 aromatic carbocycles. The van der Waals surface area contributed by atoms with E-state index in [9.17, 15) is 18.0 Å². The van der Waals surface area contributed by atoms with Crippen LogP contribution in [0.25, 0.3) is 21.3 Å². The van der Waals surface area contributed by atoms with Gasteiger partial charge in [-0.3, -0.25) is 4.90 Å². The van der Waals surface area contributed by atoms with Crippen molar-refractivity contribution in [3.8, 4) is 11.1 Å². The van der Waals surface area contributed by atoms with Gasteiger partial charge >= 0.3 is 12.3 Å². The minimum Gasteiger partial charge on any atom is -0.433 e. The zero-order valence-corrected chi connectivity index (χ0v) is 24.4. The summed E-state index contributed by atoms with van der Waals surface area (Å²) in [6.07, 6.45) is -3.54. The van der Waals surface area contributed by atoms with E-state index in [1.807, 2.05) is 72.0 Å². The van der Waals surface area contributed by atoms with Gasteiger partial charge in [0.1, 0.15) is 6.54 Å². The van der Waals surface area contributed by atoms with E-state index in [4.69, 9.17) is 21.3 Å². The molecule has 1 fully saturated rings. The van der Waals surface area contributed by atoms with Crippen LogP contribution in [0.3, 0.4) is 0 Å². The van der Waals surface area contributed by atoms with Crippen LogP contribution < -0.4 is 10.2 Å². The van der Waals surface area contributed by atoms with Crippen molar-refractivity contribution in [1.29, 1.82) is 0 Å². The zero-order chi connectivity index (χ0) is 29.3. The highest BCUT2D eigenvalue weighted by Crippen LogP contribution is 2.52. The van der Waals surface area contributed by atoms with Gasteiger partial charge in [-0.25, -0.2) is 9.78 Å². The van der Waals surface area contributed by atoms with E-state index in [-0.39, 0.29) is 0 Å². The third-order valence-corrected chi connectivity index (χ3v) is 9.28. The Bertz CT molecular complexity index is 1540. The van der Waals surface area contributed by atoms with Gasteiger partial charge in [0, 0.05) is 42.3 Å². The molecule has 11 heteroatoms. The van der Waals surface area contributed by atoms with E-state index < -0.39 is 24.4 Å². The Balaban J connectivity index is 1.10. The lowest BCUT2D eigenvalue weighted by Crippen LogP contribution is -2.46. The second-order valence-corrected chi connectivity index (χ2v) is 12.1. The van der Waals surface area contributed by atoms with Crippen LogP contribution in [0.2, 0.25) is 5.02 Å². The molecule has 6 rings (SSSR count). The van der Waals surface area contributed by atoms with Crippen molar-refractivity contribution in [2.24, 2.45) is 0 Å². The molecule has 220 valence electrons. The number of ether oxygens (including phenoxy) is 1. The fourth-order valence-electron chi connectivity index (χ4n) is 5.98. The number of piperazine rings is 1. The summed E-state index contributed by atoms with van der Waals surface area (Å²) in [6.45, 7) is 3.00. The first-order chi connectivity index (χ1) is 20.2. The van der Waals surface area contributed by atoms with Gasteiger partial charge in [0.15, 0.2) is 10.7 Å². The van der Waals surface area contributed by atoms with Crippen molar-refractivity contribution in [2.45, 2.75) is 31.0 Å². The molecule has 6 nitrogen and oxygen atoms in total. The molecule has 1 saturated heterocycles. The van der Waals surface area contributed by atoms with Crippen LogP contribution in [0.15, 0.2) is 66.7 Å². The number of hydrogen-bond acceptors (Lipinski definition) is 6. The number of amides is 1. The molecule has 4 aromatic rings. The molecule has 1 aliphatic heterocycles. The fraction of sp³-hybridized carbons (Fsp3) is 0.355. The topological polar surface area (TPSA) is 57.7 Å². The SMILES string of the molecule is O=C(NCC(F)(F)F)OC1(CCCCN2CCN(c3nc4cc(Cl)ccc4s3)CC2)c2ccccc2-c2ccccc21. The molecule has 2 heterocycles. The third kappa shape index (κ3) is 5.93. The predicted molar refractivity (Wildman–Crippen MR) is 160 cm³/mol. The Morgan fingerprint density at radius 1 is 0.976 bits per heavy atom. The summed E-state index contributed by atoms with van der Waals surface area (Å²) < 4.78 is 45.6. The number of aromatic nitrogens is 1. The molecule has 0 bridgehead atoms. The monoisotopic (exact) mass is 614 g/mol. The largest absolute Gasteiger partial charge is 0.433 e. The number of nitrogens with zero attached hydrogens (tertiary/aromatic N) is 3. The lowest BCUT2D eigenvalue weighted by Gasteiger charge is -2.35. The van der Waals surface area contributed by atoms with Crippen LogP contribution in [0.4, 0.5) is 23.1 Å². The summed E-state index contributed by atoms with van der Waals surface area (Å²) in [5.74, 6) is 0. The highest BCUT2D eigenvalue weighted by molar-refractivity contribution is 7.22. The molecule has 0 spiro atoms. The van der Waals surface area contributed by atoms with Gasteiger partial charge < -0.3 is 15.0 Å². The number of alkyl halides is 3. The van der Waals surface area contributed by atoms with Crippen molar-refractivity contribution < 1.29 is 22.7 Å². The molecule has 42 heavy (non-hydrogen) atoms. The number of alkyl carbamates (subject to hydrolysis) is 1. The van der Waals surface area contributed by atoms with Crippen molar-refractivity contribution in [1.82, 2.24) is 15.2 Å². The standard InChI is InChI=1S/C31H30ClF3N4O2S/c32-21-11-12-27-26(19-21)37-28(42-27)39-17-15-38(16-18-39)14-6-5-13-30(41-29(40)36-20-31(33,34)35)24-9-3-1-7-22(24)23-8-2-4-10-25(23)30/h1-4,7-12,19H,5-6,13-18,20H2,(H,36,40). The summed E-state index contributed by atoms with van der Waals surface area (Å²) in [5, 5.41) is 3.59. The molecule has 1 N–H and O–H groups in total. The van der Waals surface area contributed by atoms with Crippen LogP contribution in [0.5, 0.6) is 0 Å². The summed E-state index contributed by atoms with van der Waals surface area (Å²) >= 11 is 7.80. The number of thiazole rings is 1. The lowest BCUT2D eigenvalue weighted by molar-refractivity contribution is -0.124. The quantitative estimate of drug-likeness (QED) is 0.209. The molecule has 0 saturated carbocycles. The van der Waals surface area contributed by atoms with Crippen LogP contribution in [0.1, 0.15) is 30.4 Å². The van der Waals surface area contributed by atoms with E-state index in [2.05, 4.69) is 9.80 Å². The van der Waals surface area contributed by atoms with E-state index >= 15 is 0 Å². The molecule has 2 aliphatic rings. The second-order valence-electron chi connectivity index (χ2n) is 10.7. The van der Waals surface area contributed by atoms with E-state index in [0.717, 1.165) is 83.2 Å². The molecule has 1 amide bonds. The van der Waals surface area contributed by atoms with Crippen molar-refractivity contribution in [3.05, 3.63) is 82.9 Å². The van der Waals surface area contributed by atoms with Gasteiger partial charge in [0.25, 0.3) is 0 Å². The zero-order valence-electron chi connectivity index (χ0n) is 22.8. The number of carbonyl (C=O) groups is 1. The number of carbonyl (C=O) groups excluding carboxylic acids is 1. The lowest BCUT2D eigenvalue weighted by atomic mass is 9.86. The van der Waals surface area contributed by atoms with Gasteiger partial charge in [-0.15, -0.1) is 0 Å². The van der Waals surface area contributed by atoms with Gasteiger partial charge in [0.2, 0.25) is 0 Å². The summed E-state index contributed by atoms with van der Waals surface area (Å²) in [6, 6.07) is 21.1. The van der Waals surface area contributed by atoms with Crippen molar-refractivity contribution >= 4 is 44.4 Å². The van der Waals surface area contributed by atoms with Crippen LogP contribution in [-0.4, -0.2) is 61.4 Å². The minimum absolute atomic E-state index is 0.467. The highest BCUT2D eigenvalue weighted by atomic mass is 35.5. The maximum Gasteiger partial charge on any atom is 0.408 e. The molecule has 1 aromatic heterocycles. The maximum absolute atomic E-state index is 12.8. The Kier molecular flexibility index (Phi) is 8.04. The Labute approximate surface area is 251 Å². The number of fused-ring (bicyclic) bond motifs is 4. The summed E-state index contributed by atoms with van der Waals surface area (Å²) in [4.78, 5) is 22.2. The Morgan fingerprint density at radius 3 is 2.31 bits per heavy atom. The van der Waals surface area contributed by atoms with E-state index in [1.165, 1.54) is 0 Å². The molecule has 0 atom stereocenters. The highest BCUT2D eigenvalue weighted by Gasteiger charge is 2.46. The van der Waals surface area contributed by atoms with Gasteiger partial charge in [-0.2, -0.15) is 13.2 Å². The number of rotatable bonds is 8.